The van der Waals surface area contributed by atoms with Crippen molar-refractivity contribution in [3.8, 4) is 5.75 Å². The highest BCUT2D eigenvalue weighted by molar-refractivity contribution is 5.78. The van der Waals surface area contributed by atoms with E-state index in [4.69, 9.17) is 9.84 Å². The quantitative estimate of drug-likeness (QED) is 0.761. The number of rotatable bonds is 8. The molecular formula is C15H21NO4. The van der Waals surface area contributed by atoms with Gasteiger partial charge in [0.25, 0.3) is 0 Å². The van der Waals surface area contributed by atoms with Crippen LogP contribution in [0.15, 0.2) is 24.3 Å². The molecule has 5 nitrogen and oxygen atoms in total. The number of benzene rings is 1. The van der Waals surface area contributed by atoms with Gasteiger partial charge in [0, 0.05) is 13.0 Å². The minimum atomic E-state index is -0.834. The lowest BCUT2D eigenvalue weighted by molar-refractivity contribution is -0.138. The molecule has 1 unspecified atom stereocenters. The van der Waals surface area contributed by atoms with Crippen molar-refractivity contribution in [2.24, 2.45) is 5.92 Å². The molecule has 20 heavy (non-hydrogen) atoms. The van der Waals surface area contributed by atoms with Crippen molar-refractivity contribution in [3.05, 3.63) is 29.8 Å². The van der Waals surface area contributed by atoms with Crippen molar-refractivity contribution in [3.63, 3.8) is 0 Å². The normalized spacial score (nSPS) is 11.7. The summed E-state index contributed by atoms with van der Waals surface area (Å²) in [4.78, 5) is 22.5. The number of carboxylic acid groups (broad SMARTS) is 1. The molecule has 0 saturated heterocycles. The first-order valence-electron chi connectivity index (χ1n) is 6.66. The Hall–Kier alpha value is -2.04. The van der Waals surface area contributed by atoms with Gasteiger partial charge in [-0.3, -0.25) is 9.59 Å². The Kier molecular flexibility index (Phi) is 6.56. The van der Waals surface area contributed by atoms with Gasteiger partial charge in [0.05, 0.1) is 13.5 Å². The fourth-order valence-corrected chi connectivity index (χ4v) is 1.90. The lowest BCUT2D eigenvalue weighted by Crippen LogP contribution is -2.31. The first kappa shape index (κ1) is 16.0. The molecule has 0 aliphatic carbocycles. The molecule has 1 amide bonds. The summed E-state index contributed by atoms with van der Waals surface area (Å²) >= 11 is 0. The summed E-state index contributed by atoms with van der Waals surface area (Å²) in [6, 6.07) is 7.33. The van der Waals surface area contributed by atoms with E-state index in [2.05, 4.69) is 5.32 Å². The van der Waals surface area contributed by atoms with Crippen LogP contribution in [0.25, 0.3) is 0 Å². The van der Waals surface area contributed by atoms with Crippen LogP contribution in [0.2, 0.25) is 0 Å². The molecule has 0 saturated carbocycles. The number of hydrogen-bond donors (Lipinski definition) is 2. The maximum atomic E-state index is 11.8. The zero-order chi connectivity index (χ0) is 15.0. The van der Waals surface area contributed by atoms with Crippen molar-refractivity contribution in [1.82, 2.24) is 5.32 Å². The molecular weight excluding hydrogens is 258 g/mol. The fourth-order valence-electron chi connectivity index (χ4n) is 1.90. The third kappa shape index (κ3) is 5.73. The minimum absolute atomic E-state index is 0.0261. The molecule has 5 heteroatoms. The molecule has 0 fully saturated rings. The number of ether oxygens (including phenoxy) is 1. The number of aliphatic carboxylic acids is 1. The fraction of sp³-hybridized carbons (Fsp3) is 0.467. The maximum Gasteiger partial charge on any atom is 0.303 e. The Labute approximate surface area is 118 Å². The Bertz CT molecular complexity index is 459. The molecule has 1 rings (SSSR count). The lowest BCUT2D eigenvalue weighted by Gasteiger charge is -2.13. The van der Waals surface area contributed by atoms with Crippen molar-refractivity contribution >= 4 is 11.9 Å². The van der Waals surface area contributed by atoms with E-state index in [-0.39, 0.29) is 24.7 Å². The van der Waals surface area contributed by atoms with Gasteiger partial charge in [0.1, 0.15) is 5.75 Å². The van der Waals surface area contributed by atoms with Gasteiger partial charge < -0.3 is 15.2 Å². The third-order valence-corrected chi connectivity index (χ3v) is 3.13. The average Bonchev–Trinajstić information content (AvgIpc) is 2.43. The number of hydrogen-bond acceptors (Lipinski definition) is 3. The number of carboxylic acids is 1. The standard InChI is InChI=1S/C15H21NO4/c1-3-11(9-15(18)19)10-16-14(17)8-12-5-4-6-13(7-12)20-2/h4-7,11H,3,8-10H2,1-2H3,(H,16,17)(H,18,19). The first-order valence-corrected chi connectivity index (χ1v) is 6.66. The van der Waals surface area contributed by atoms with E-state index in [1.54, 1.807) is 7.11 Å². The van der Waals surface area contributed by atoms with E-state index >= 15 is 0 Å². The van der Waals surface area contributed by atoms with E-state index < -0.39 is 5.97 Å². The number of carbonyl (C=O) groups is 2. The molecule has 0 aromatic heterocycles. The summed E-state index contributed by atoms with van der Waals surface area (Å²) in [5.74, 6) is -0.254. The van der Waals surface area contributed by atoms with E-state index in [1.165, 1.54) is 0 Å². The number of nitrogens with one attached hydrogen (secondary N) is 1. The van der Waals surface area contributed by atoms with E-state index in [9.17, 15) is 9.59 Å². The van der Waals surface area contributed by atoms with Gasteiger partial charge >= 0.3 is 5.97 Å². The van der Waals surface area contributed by atoms with Gasteiger partial charge in [-0.2, -0.15) is 0 Å². The van der Waals surface area contributed by atoms with Crippen LogP contribution in [0.3, 0.4) is 0 Å². The van der Waals surface area contributed by atoms with E-state index in [0.29, 0.717) is 12.3 Å². The number of methoxy groups -OCH3 is 1. The highest BCUT2D eigenvalue weighted by atomic mass is 16.5. The van der Waals surface area contributed by atoms with Gasteiger partial charge in [-0.25, -0.2) is 0 Å². The minimum Gasteiger partial charge on any atom is -0.497 e. The van der Waals surface area contributed by atoms with Crippen LogP contribution in [0.4, 0.5) is 0 Å². The largest absolute Gasteiger partial charge is 0.497 e. The summed E-state index contributed by atoms with van der Waals surface area (Å²) < 4.78 is 5.10. The van der Waals surface area contributed by atoms with Crippen molar-refractivity contribution < 1.29 is 19.4 Å². The molecule has 0 aliphatic rings. The summed E-state index contributed by atoms with van der Waals surface area (Å²) in [5.41, 5.74) is 0.869. The smallest absolute Gasteiger partial charge is 0.303 e. The van der Waals surface area contributed by atoms with Crippen LogP contribution < -0.4 is 10.1 Å². The van der Waals surface area contributed by atoms with Crippen LogP contribution in [0.5, 0.6) is 5.75 Å². The SMILES string of the molecule is CCC(CNC(=O)Cc1cccc(OC)c1)CC(=O)O. The predicted octanol–water partition coefficient (Wildman–Crippen LogP) is 1.85. The van der Waals surface area contributed by atoms with Gasteiger partial charge in [-0.15, -0.1) is 0 Å². The molecule has 110 valence electrons. The van der Waals surface area contributed by atoms with Crippen LogP contribution in [-0.2, 0) is 16.0 Å². The molecule has 2 N–H and O–H groups in total. The topological polar surface area (TPSA) is 75.6 Å². The van der Waals surface area contributed by atoms with Gasteiger partial charge in [0.15, 0.2) is 0 Å². The Morgan fingerprint density at radius 1 is 1.40 bits per heavy atom. The molecule has 1 aromatic carbocycles. The zero-order valence-corrected chi connectivity index (χ0v) is 11.9. The second kappa shape index (κ2) is 8.19. The van der Waals surface area contributed by atoms with Crippen LogP contribution >= 0.6 is 0 Å². The highest BCUT2D eigenvalue weighted by Crippen LogP contribution is 2.13. The number of carbonyl (C=O) groups excluding carboxylic acids is 1. The second-order valence-corrected chi connectivity index (χ2v) is 4.70. The second-order valence-electron chi connectivity index (χ2n) is 4.70. The van der Waals surface area contributed by atoms with Crippen LogP contribution in [0.1, 0.15) is 25.3 Å². The Morgan fingerprint density at radius 2 is 2.15 bits per heavy atom. The molecule has 1 atom stereocenters. The van der Waals surface area contributed by atoms with Crippen molar-refractivity contribution in [1.29, 1.82) is 0 Å². The molecule has 0 aliphatic heterocycles. The highest BCUT2D eigenvalue weighted by Gasteiger charge is 2.12. The van der Waals surface area contributed by atoms with Crippen LogP contribution in [0, 0.1) is 5.92 Å². The Balaban J connectivity index is 2.44. The summed E-state index contributed by atoms with van der Waals surface area (Å²) in [6.45, 7) is 2.31. The van der Waals surface area contributed by atoms with Crippen molar-refractivity contribution in [2.75, 3.05) is 13.7 Å². The van der Waals surface area contributed by atoms with Gasteiger partial charge in [0.2, 0.25) is 5.91 Å². The predicted molar refractivity (Wildman–Crippen MR) is 75.7 cm³/mol. The van der Waals surface area contributed by atoms with Crippen LogP contribution in [-0.4, -0.2) is 30.6 Å². The number of amides is 1. The first-order chi connectivity index (χ1) is 9.55. The molecule has 0 bridgehead atoms. The third-order valence-electron chi connectivity index (χ3n) is 3.13. The molecule has 0 radical (unpaired) electrons. The van der Waals surface area contributed by atoms with E-state index in [0.717, 1.165) is 12.0 Å². The molecule has 1 aromatic rings. The average molecular weight is 279 g/mol. The zero-order valence-electron chi connectivity index (χ0n) is 11.9. The summed E-state index contributed by atoms with van der Waals surface area (Å²) in [7, 11) is 1.58. The van der Waals surface area contributed by atoms with Crippen molar-refractivity contribution in [2.45, 2.75) is 26.2 Å². The summed E-state index contributed by atoms with van der Waals surface area (Å²) in [5, 5.41) is 11.5. The maximum absolute atomic E-state index is 11.8. The molecule has 0 spiro atoms. The van der Waals surface area contributed by atoms with Gasteiger partial charge in [-0.1, -0.05) is 25.5 Å². The van der Waals surface area contributed by atoms with Gasteiger partial charge in [-0.05, 0) is 23.6 Å². The lowest BCUT2D eigenvalue weighted by atomic mass is 10.0. The van der Waals surface area contributed by atoms with E-state index in [1.807, 2.05) is 31.2 Å². The summed E-state index contributed by atoms with van der Waals surface area (Å²) in [6.07, 6.45) is 1.07. The Morgan fingerprint density at radius 3 is 2.75 bits per heavy atom. The monoisotopic (exact) mass is 279 g/mol. The molecule has 0 heterocycles.